The van der Waals surface area contributed by atoms with Gasteiger partial charge in [-0.2, -0.15) is 11.8 Å². The first kappa shape index (κ1) is 22.7. The average molecular weight is 398 g/mol. The Labute approximate surface area is 169 Å². The summed E-state index contributed by atoms with van der Waals surface area (Å²) in [5.41, 5.74) is -0.238. The number of aldehydes is 1. The Balaban J connectivity index is 2.00. The summed E-state index contributed by atoms with van der Waals surface area (Å²) in [6.45, 7) is 4.28. The van der Waals surface area contributed by atoms with Gasteiger partial charge in [0.25, 0.3) is 0 Å². The minimum absolute atomic E-state index is 0.0612. The maximum Gasteiger partial charge on any atom is 0.214 e. The van der Waals surface area contributed by atoms with Crippen LogP contribution in [0.15, 0.2) is 0 Å². The van der Waals surface area contributed by atoms with Gasteiger partial charge in [0, 0.05) is 34.2 Å². The lowest BCUT2D eigenvalue weighted by molar-refractivity contribution is -0.526. The van der Waals surface area contributed by atoms with Gasteiger partial charge in [0.15, 0.2) is 0 Å². The molecule has 5 heteroatoms. The molecule has 27 heavy (non-hydrogen) atoms. The highest BCUT2D eigenvalue weighted by atomic mass is 32.2. The van der Waals surface area contributed by atoms with Crippen molar-refractivity contribution in [3.8, 4) is 0 Å². The van der Waals surface area contributed by atoms with Crippen LogP contribution in [-0.2, 0) is 4.79 Å². The minimum Gasteiger partial charge on any atom is -0.303 e. The van der Waals surface area contributed by atoms with Gasteiger partial charge in [0.2, 0.25) is 6.04 Å². The van der Waals surface area contributed by atoms with E-state index in [9.17, 15) is 14.9 Å². The van der Waals surface area contributed by atoms with Gasteiger partial charge in [0.05, 0.1) is 0 Å². The molecule has 4 atom stereocenters. The molecule has 2 saturated carbocycles. The maximum absolute atomic E-state index is 11.9. The highest BCUT2D eigenvalue weighted by Gasteiger charge is 2.39. The number of hydrogen-bond donors (Lipinski definition) is 0. The van der Waals surface area contributed by atoms with Crippen molar-refractivity contribution in [2.24, 2.45) is 17.3 Å². The first-order valence-corrected chi connectivity index (χ1v) is 12.3. The van der Waals surface area contributed by atoms with E-state index in [2.05, 4.69) is 13.8 Å². The number of unbranched alkanes of at least 4 members (excludes halogenated alkanes) is 1. The number of thioether (sulfide) groups is 1. The van der Waals surface area contributed by atoms with E-state index in [1.165, 1.54) is 44.8 Å². The Morgan fingerprint density at radius 1 is 1.15 bits per heavy atom. The molecule has 0 spiro atoms. The zero-order valence-electron chi connectivity index (χ0n) is 17.4. The van der Waals surface area contributed by atoms with E-state index in [1.54, 1.807) is 0 Å². The van der Waals surface area contributed by atoms with Crippen LogP contribution in [0.3, 0.4) is 0 Å². The van der Waals surface area contributed by atoms with E-state index in [0.29, 0.717) is 17.6 Å². The molecule has 0 N–H and O–H groups in total. The lowest BCUT2D eigenvalue weighted by Gasteiger charge is -2.37. The van der Waals surface area contributed by atoms with Crippen molar-refractivity contribution in [3.05, 3.63) is 10.1 Å². The summed E-state index contributed by atoms with van der Waals surface area (Å²) in [6.07, 6.45) is 15.7. The van der Waals surface area contributed by atoms with Crippen molar-refractivity contribution < 1.29 is 9.72 Å². The second-order valence-electron chi connectivity index (χ2n) is 9.04. The molecular formula is C22H39NO3S. The standard InChI is InChI=1S/C22H39NO3S/c1-3-5-13-22(4-2,16-24)17-27-21-15-20(23(25)26)12-11-19(21)14-18-9-7-6-8-10-18/h16,18-21H,3-15,17H2,1-2H3. The van der Waals surface area contributed by atoms with Crippen LogP contribution in [0.2, 0.25) is 0 Å². The molecule has 2 aliphatic carbocycles. The summed E-state index contributed by atoms with van der Waals surface area (Å²) < 4.78 is 0. The van der Waals surface area contributed by atoms with Crippen molar-refractivity contribution in [3.63, 3.8) is 0 Å². The summed E-state index contributed by atoms with van der Waals surface area (Å²) in [6, 6.07) is -0.381. The van der Waals surface area contributed by atoms with E-state index in [4.69, 9.17) is 0 Å². The zero-order chi connectivity index (χ0) is 19.7. The predicted octanol–water partition coefficient (Wildman–Crippen LogP) is 6.29. The summed E-state index contributed by atoms with van der Waals surface area (Å²) in [7, 11) is 0. The number of carbonyl (C=O) groups excluding carboxylic acids is 1. The smallest absolute Gasteiger partial charge is 0.214 e. The molecule has 0 radical (unpaired) electrons. The number of hydrogen-bond acceptors (Lipinski definition) is 4. The largest absolute Gasteiger partial charge is 0.303 e. The number of nitro groups is 1. The molecule has 0 aromatic heterocycles. The summed E-state index contributed by atoms with van der Waals surface area (Å²) in [5.74, 6) is 2.26. The fraction of sp³-hybridized carbons (Fsp3) is 0.955. The Kier molecular flexibility index (Phi) is 9.61. The molecule has 4 nitrogen and oxygen atoms in total. The second kappa shape index (κ2) is 11.4. The van der Waals surface area contributed by atoms with Crippen molar-refractivity contribution in [2.75, 3.05) is 5.75 Å². The van der Waals surface area contributed by atoms with E-state index in [1.807, 2.05) is 11.8 Å². The molecule has 0 amide bonds. The summed E-state index contributed by atoms with van der Waals surface area (Å²) >= 11 is 1.89. The zero-order valence-corrected chi connectivity index (χ0v) is 18.2. The van der Waals surface area contributed by atoms with Gasteiger partial charge in [-0.15, -0.1) is 0 Å². The van der Waals surface area contributed by atoms with Crippen molar-refractivity contribution in [1.29, 1.82) is 0 Å². The Hall–Kier alpha value is -0.580. The van der Waals surface area contributed by atoms with Crippen LogP contribution in [0.1, 0.15) is 97.3 Å². The van der Waals surface area contributed by atoms with Crippen LogP contribution < -0.4 is 0 Å². The second-order valence-corrected chi connectivity index (χ2v) is 10.3. The Morgan fingerprint density at radius 2 is 1.89 bits per heavy atom. The fourth-order valence-electron chi connectivity index (χ4n) is 5.02. The van der Waals surface area contributed by atoms with Gasteiger partial charge < -0.3 is 4.79 Å². The van der Waals surface area contributed by atoms with Gasteiger partial charge in [-0.3, -0.25) is 10.1 Å². The van der Waals surface area contributed by atoms with E-state index < -0.39 is 0 Å². The van der Waals surface area contributed by atoms with Crippen LogP contribution in [0.5, 0.6) is 0 Å². The summed E-state index contributed by atoms with van der Waals surface area (Å²) in [4.78, 5) is 23.2. The van der Waals surface area contributed by atoms with Crippen molar-refractivity contribution in [1.82, 2.24) is 0 Å². The third kappa shape index (κ3) is 6.76. The molecule has 2 aliphatic rings. The first-order valence-electron chi connectivity index (χ1n) is 11.2. The molecule has 0 aromatic rings. The molecule has 156 valence electrons. The molecule has 0 saturated heterocycles. The SMILES string of the molecule is CCCCC(C=O)(CC)CSC1CC([N+](=O)[O-])CCC1CC1CCCCC1. The Bertz CT molecular complexity index is 466. The Morgan fingerprint density at radius 3 is 2.48 bits per heavy atom. The van der Waals surface area contributed by atoms with Crippen molar-refractivity contribution >= 4 is 18.0 Å². The minimum atomic E-state index is -0.381. The topological polar surface area (TPSA) is 60.2 Å². The average Bonchev–Trinajstić information content (AvgIpc) is 2.70. The van der Waals surface area contributed by atoms with Crippen molar-refractivity contribution in [2.45, 2.75) is 109 Å². The molecule has 2 rings (SSSR count). The number of carbonyl (C=O) groups is 1. The quantitative estimate of drug-likeness (QED) is 0.233. The van der Waals surface area contributed by atoms with Crippen LogP contribution in [0.25, 0.3) is 0 Å². The molecule has 0 aliphatic heterocycles. The van der Waals surface area contributed by atoms with Crippen LogP contribution in [-0.4, -0.2) is 28.3 Å². The van der Waals surface area contributed by atoms with Gasteiger partial charge in [-0.1, -0.05) is 58.8 Å². The highest BCUT2D eigenvalue weighted by molar-refractivity contribution is 8.00. The van der Waals surface area contributed by atoms with Gasteiger partial charge in [-0.05, 0) is 37.5 Å². The first-order chi connectivity index (χ1) is 13.0. The third-order valence-corrected chi connectivity index (χ3v) is 8.87. The van der Waals surface area contributed by atoms with Crippen LogP contribution in [0, 0.1) is 27.4 Å². The molecule has 4 unspecified atom stereocenters. The van der Waals surface area contributed by atoms with Gasteiger partial charge >= 0.3 is 0 Å². The monoisotopic (exact) mass is 397 g/mol. The van der Waals surface area contributed by atoms with Gasteiger partial charge in [0.1, 0.15) is 6.29 Å². The van der Waals surface area contributed by atoms with E-state index in [0.717, 1.165) is 50.2 Å². The lowest BCUT2D eigenvalue weighted by atomic mass is 9.76. The predicted molar refractivity (Wildman–Crippen MR) is 114 cm³/mol. The summed E-state index contributed by atoms with van der Waals surface area (Å²) in [5, 5.41) is 11.7. The lowest BCUT2D eigenvalue weighted by Crippen LogP contribution is -2.37. The molecular weight excluding hydrogens is 358 g/mol. The molecule has 0 aromatic carbocycles. The molecule has 0 heterocycles. The normalized spacial score (nSPS) is 29.2. The van der Waals surface area contributed by atoms with Gasteiger partial charge in [-0.25, -0.2) is 0 Å². The molecule has 2 fully saturated rings. The van der Waals surface area contributed by atoms with Crippen LogP contribution >= 0.6 is 11.8 Å². The maximum atomic E-state index is 11.9. The third-order valence-electron chi connectivity index (χ3n) is 7.13. The number of rotatable bonds is 11. The number of nitrogens with zero attached hydrogens (tertiary/aromatic N) is 1. The van der Waals surface area contributed by atoms with E-state index in [-0.39, 0.29) is 16.4 Å². The fourth-order valence-corrected chi connectivity index (χ4v) is 6.86. The van der Waals surface area contributed by atoms with Crippen LogP contribution in [0.4, 0.5) is 0 Å². The molecule has 0 bridgehead atoms. The highest BCUT2D eigenvalue weighted by Crippen LogP contribution is 2.43. The van der Waals surface area contributed by atoms with E-state index >= 15 is 0 Å².